The number of hydrogen-bond acceptors (Lipinski definition) is 6. The molecule has 3 rings (SSSR count). The number of halogens is 2. The minimum absolute atomic E-state index is 0.0334. The van der Waals surface area contributed by atoms with Crippen molar-refractivity contribution >= 4 is 16.7 Å². The van der Waals surface area contributed by atoms with Crippen molar-refractivity contribution in [2.45, 2.75) is 13.2 Å². The Labute approximate surface area is 135 Å². The maximum absolute atomic E-state index is 12.1. The molecular formula is C15H12F2N4OS. The summed E-state index contributed by atoms with van der Waals surface area (Å²) in [6.45, 7) is -2.43. The second-order valence-corrected chi connectivity index (χ2v) is 5.26. The molecule has 0 aliphatic heterocycles. The largest absolute Gasteiger partial charge is 0.433 e. The van der Waals surface area contributed by atoms with Crippen LogP contribution in [0.4, 0.5) is 13.9 Å². The molecular weight excluding hydrogens is 322 g/mol. The van der Waals surface area contributed by atoms with Crippen LogP contribution in [-0.4, -0.2) is 21.0 Å². The number of rotatable bonds is 6. The molecule has 23 heavy (non-hydrogen) atoms. The van der Waals surface area contributed by atoms with E-state index < -0.39 is 6.61 Å². The highest BCUT2D eigenvalue weighted by Gasteiger charge is 2.07. The van der Waals surface area contributed by atoms with Gasteiger partial charge in [0, 0.05) is 17.1 Å². The van der Waals surface area contributed by atoms with Crippen LogP contribution in [0.5, 0.6) is 5.75 Å². The Morgan fingerprint density at radius 1 is 1.13 bits per heavy atom. The molecule has 2 heterocycles. The SMILES string of the molecule is FC(F)Oc1ccc(CNc2nc(-c3ccccc3)ns2)nc1. The quantitative estimate of drug-likeness (QED) is 0.743. The van der Waals surface area contributed by atoms with Gasteiger partial charge in [0.1, 0.15) is 5.75 Å². The van der Waals surface area contributed by atoms with Crippen molar-refractivity contribution < 1.29 is 13.5 Å². The molecule has 0 bridgehead atoms. The molecule has 0 aliphatic rings. The second-order valence-electron chi connectivity index (χ2n) is 4.51. The average Bonchev–Trinajstić information content (AvgIpc) is 3.04. The van der Waals surface area contributed by atoms with Gasteiger partial charge >= 0.3 is 6.61 Å². The lowest BCUT2D eigenvalue weighted by atomic mass is 10.2. The first-order chi connectivity index (χ1) is 11.2. The molecule has 0 fully saturated rings. The van der Waals surface area contributed by atoms with Crippen LogP contribution in [0.25, 0.3) is 11.4 Å². The Hall–Kier alpha value is -2.61. The van der Waals surface area contributed by atoms with E-state index in [-0.39, 0.29) is 5.75 Å². The van der Waals surface area contributed by atoms with Gasteiger partial charge in [0.05, 0.1) is 18.4 Å². The first kappa shape index (κ1) is 15.3. The van der Waals surface area contributed by atoms with Crippen molar-refractivity contribution in [2.24, 2.45) is 0 Å². The van der Waals surface area contributed by atoms with Gasteiger partial charge in [-0.25, -0.2) is 0 Å². The lowest BCUT2D eigenvalue weighted by molar-refractivity contribution is -0.0500. The zero-order valence-electron chi connectivity index (χ0n) is 11.8. The summed E-state index contributed by atoms with van der Waals surface area (Å²) in [5.74, 6) is 0.692. The van der Waals surface area contributed by atoms with Gasteiger partial charge in [0.2, 0.25) is 5.13 Å². The van der Waals surface area contributed by atoms with E-state index in [1.807, 2.05) is 30.3 Å². The molecule has 0 unspecified atom stereocenters. The summed E-state index contributed by atoms with van der Waals surface area (Å²) in [5.41, 5.74) is 1.63. The van der Waals surface area contributed by atoms with Gasteiger partial charge in [-0.15, -0.1) is 0 Å². The van der Waals surface area contributed by atoms with Crippen molar-refractivity contribution in [3.8, 4) is 17.1 Å². The van der Waals surface area contributed by atoms with Crippen molar-refractivity contribution in [3.63, 3.8) is 0 Å². The molecule has 1 N–H and O–H groups in total. The van der Waals surface area contributed by atoms with Crippen molar-refractivity contribution in [3.05, 3.63) is 54.4 Å². The predicted molar refractivity (Wildman–Crippen MR) is 83.5 cm³/mol. The average molecular weight is 334 g/mol. The van der Waals surface area contributed by atoms with Crippen molar-refractivity contribution in [1.82, 2.24) is 14.3 Å². The maximum Gasteiger partial charge on any atom is 0.387 e. The van der Waals surface area contributed by atoms with Gasteiger partial charge in [-0.1, -0.05) is 30.3 Å². The Bertz CT molecular complexity index is 750. The van der Waals surface area contributed by atoms with Crippen LogP contribution in [0.3, 0.4) is 0 Å². The Morgan fingerprint density at radius 3 is 2.65 bits per heavy atom. The van der Waals surface area contributed by atoms with Crippen LogP contribution in [0.2, 0.25) is 0 Å². The molecule has 2 aromatic heterocycles. The van der Waals surface area contributed by atoms with Gasteiger partial charge in [-0.2, -0.15) is 18.1 Å². The zero-order valence-corrected chi connectivity index (χ0v) is 12.6. The summed E-state index contributed by atoms with van der Waals surface area (Å²) in [4.78, 5) is 8.44. The molecule has 0 amide bonds. The number of alkyl halides is 2. The summed E-state index contributed by atoms with van der Waals surface area (Å²) in [7, 11) is 0. The van der Waals surface area contributed by atoms with Crippen LogP contribution in [0.15, 0.2) is 48.7 Å². The van der Waals surface area contributed by atoms with Gasteiger partial charge < -0.3 is 10.1 Å². The molecule has 3 aromatic rings. The number of ether oxygens (including phenoxy) is 1. The molecule has 0 atom stereocenters. The molecule has 5 nitrogen and oxygen atoms in total. The Kier molecular flexibility index (Phi) is 4.72. The normalized spacial score (nSPS) is 10.7. The molecule has 0 saturated heterocycles. The number of nitrogens with one attached hydrogen (secondary N) is 1. The number of benzene rings is 1. The Morgan fingerprint density at radius 2 is 1.96 bits per heavy atom. The topological polar surface area (TPSA) is 59.9 Å². The van der Waals surface area contributed by atoms with E-state index in [0.717, 1.165) is 5.56 Å². The first-order valence-electron chi connectivity index (χ1n) is 6.73. The number of anilines is 1. The summed E-state index contributed by atoms with van der Waals surface area (Å²) in [5, 5.41) is 3.77. The monoisotopic (exact) mass is 334 g/mol. The van der Waals surface area contributed by atoms with Crippen LogP contribution in [-0.2, 0) is 6.54 Å². The second kappa shape index (κ2) is 7.10. The highest BCUT2D eigenvalue weighted by Crippen LogP contribution is 2.21. The molecule has 1 aromatic carbocycles. The number of aromatic nitrogens is 3. The molecule has 8 heteroatoms. The van der Waals surface area contributed by atoms with E-state index in [1.54, 1.807) is 6.07 Å². The lowest BCUT2D eigenvalue weighted by Gasteiger charge is -2.05. The third-order valence-electron chi connectivity index (χ3n) is 2.90. The van der Waals surface area contributed by atoms with Gasteiger partial charge in [-0.3, -0.25) is 4.98 Å². The van der Waals surface area contributed by atoms with Crippen LogP contribution in [0.1, 0.15) is 5.69 Å². The smallest absolute Gasteiger partial charge is 0.387 e. The summed E-state index contributed by atoms with van der Waals surface area (Å²) in [6, 6.07) is 12.7. The van der Waals surface area contributed by atoms with E-state index in [1.165, 1.54) is 23.8 Å². The third kappa shape index (κ3) is 4.19. The fourth-order valence-electron chi connectivity index (χ4n) is 1.85. The summed E-state index contributed by atoms with van der Waals surface area (Å²) in [6.07, 6.45) is 1.26. The maximum atomic E-state index is 12.1. The fraction of sp³-hybridized carbons (Fsp3) is 0.133. The number of hydrogen-bond donors (Lipinski definition) is 1. The van der Waals surface area contributed by atoms with E-state index in [9.17, 15) is 8.78 Å². The van der Waals surface area contributed by atoms with E-state index >= 15 is 0 Å². The standard InChI is InChI=1S/C15H12F2N4OS/c16-14(17)22-12-7-6-11(18-9-12)8-19-15-20-13(21-23-15)10-4-2-1-3-5-10/h1-7,9,14H,8H2,(H,19,20,21). The van der Waals surface area contributed by atoms with Crippen LogP contribution >= 0.6 is 11.5 Å². The zero-order chi connectivity index (χ0) is 16.1. The lowest BCUT2D eigenvalue weighted by Crippen LogP contribution is -2.04. The van der Waals surface area contributed by atoms with Crippen molar-refractivity contribution in [2.75, 3.05) is 5.32 Å². The molecule has 0 spiro atoms. The minimum Gasteiger partial charge on any atom is -0.433 e. The van der Waals surface area contributed by atoms with Crippen LogP contribution in [0, 0.1) is 0 Å². The van der Waals surface area contributed by atoms with Crippen molar-refractivity contribution in [1.29, 1.82) is 0 Å². The number of pyridine rings is 1. The van der Waals surface area contributed by atoms with E-state index in [2.05, 4.69) is 24.4 Å². The fourth-order valence-corrected chi connectivity index (χ4v) is 2.44. The minimum atomic E-state index is -2.85. The molecule has 0 saturated carbocycles. The predicted octanol–water partition coefficient (Wildman–Crippen LogP) is 3.81. The highest BCUT2D eigenvalue weighted by molar-refractivity contribution is 7.09. The third-order valence-corrected chi connectivity index (χ3v) is 3.57. The number of nitrogens with zero attached hydrogens (tertiary/aromatic N) is 3. The highest BCUT2D eigenvalue weighted by atomic mass is 32.1. The van der Waals surface area contributed by atoms with Gasteiger partial charge in [0.15, 0.2) is 5.82 Å². The summed E-state index contributed by atoms with van der Waals surface area (Å²) >= 11 is 1.25. The summed E-state index contributed by atoms with van der Waals surface area (Å²) < 4.78 is 32.7. The molecule has 118 valence electrons. The van der Waals surface area contributed by atoms with E-state index in [0.29, 0.717) is 23.2 Å². The molecule has 0 radical (unpaired) electrons. The van der Waals surface area contributed by atoms with Crippen LogP contribution < -0.4 is 10.1 Å². The first-order valence-corrected chi connectivity index (χ1v) is 7.51. The molecule has 0 aliphatic carbocycles. The van der Waals surface area contributed by atoms with Gasteiger partial charge in [-0.05, 0) is 12.1 Å². The van der Waals surface area contributed by atoms with Gasteiger partial charge in [0.25, 0.3) is 0 Å². The Balaban J connectivity index is 1.59. The van der Waals surface area contributed by atoms with E-state index in [4.69, 9.17) is 0 Å².